The van der Waals surface area contributed by atoms with Crippen LogP contribution in [-0.4, -0.2) is 35.4 Å². The molecule has 30 heavy (non-hydrogen) atoms. The molecule has 0 radical (unpaired) electrons. The molecule has 2 N–H and O–H groups in total. The van der Waals surface area contributed by atoms with Crippen LogP contribution >= 0.6 is 0 Å². The lowest BCUT2D eigenvalue weighted by Gasteiger charge is -2.47. The van der Waals surface area contributed by atoms with E-state index >= 15 is 0 Å². The van der Waals surface area contributed by atoms with Gasteiger partial charge in [0, 0.05) is 18.2 Å². The number of fused-ring (bicyclic) bond motifs is 1. The quantitative estimate of drug-likeness (QED) is 0.184. The molecule has 0 spiro atoms. The molecule has 4 nitrogen and oxygen atoms in total. The van der Waals surface area contributed by atoms with Crippen LogP contribution in [-0.2, 0) is 9.53 Å². The van der Waals surface area contributed by atoms with Gasteiger partial charge in [0.15, 0.2) is 0 Å². The molecular formula is C26H45NO3. The lowest BCUT2D eigenvalue weighted by atomic mass is 9.68. The minimum absolute atomic E-state index is 0.0463. The summed E-state index contributed by atoms with van der Waals surface area (Å²) < 4.78 is 5.84. The topological polar surface area (TPSA) is 58.6 Å². The molecule has 1 saturated carbocycles. The summed E-state index contributed by atoms with van der Waals surface area (Å²) in [5.41, 5.74) is 0. The molecule has 0 bridgehead atoms. The molecule has 2 fully saturated rings. The number of hydrogen-bond acceptors (Lipinski definition) is 4. The first-order chi connectivity index (χ1) is 14.5. The fraction of sp³-hybridized carbons (Fsp3) is 0.808. The zero-order chi connectivity index (χ0) is 21.8. The lowest BCUT2D eigenvalue weighted by molar-refractivity contribution is -0.148. The van der Waals surface area contributed by atoms with Gasteiger partial charge in [-0.1, -0.05) is 77.0 Å². The van der Waals surface area contributed by atoms with Crippen LogP contribution in [0.5, 0.6) is 0 Å². The number of allylic oxidation sites excluding steroid dienone is 3. The number of piperidine rings is 1. The van der Waals surface area contributed by atoms with Crippen molar-refractivity contribution in [2.45, 2.75) is 122 Å². The van der Waals surface area contributed by atoms with Crippen LogP contribution in [0, 0.1) is 11.8 Å². The molecule has 0 aromatic carbocycles. The zero-order valence-corrected chi connectivity index (χ0v) is 19.5. The molecule has 2 aliphatic rings. The number of rotatable bonds is 12. The fourth-order valence-electron chi connectivity index (χ4n) is 5.27. The van der Waals surface area contributed by atoms with Crippen molar-refractivity contribution in [2.24, 2.45) is 11.8 Å². The second-order valence-electron chi connectivity index (χ2n) is 9.43. The summed E-state index contributed by atoms with van der Waals surface area (Å²) in [6, 6.07) is 0.772. The molecule has 4 heteroatoms. The molecule has 1 saturated heterocycles. The number of esters is 1. The number of unbranched alkanes of at least 4 members (excludes halogenated alkanes) is 2. The Morgan fingerprint density at radius 2 is 2.00 bits per heavy atom. The van der Waals surface area contributed by atoms with E-state index in [2.05, 4.69) is 32.2 Å². The second-order valence-corrected chi connectivity index (χ2v) is 9.43. The Bertz CT molecular complexity index is 544. The van der Waals surface area contributed by atoms with Gasteiger partial charge in [-0.25, -0.2) is 4.79 Å². The molecule has 0 aromatic rings. The van der Waals surface area contributed by atoms with Gasteiger partial charge in [0.2, 0.25) is 0 Å². The van der Waals surface area contributed by atoms with Crippen LogP contribution in [0.15, 0.2) is 24.3 Å². The maximum Gasteiger partial charge on any atom is 0.331 e. The maximum atomic E-state index is 12.3. The van der Waals surface area contributed by atoms with E-state index in [1.54, 1.807) is 12.2 Å². The molecule has 6 atom stereocenters. The smallest absolute Gasteiger partial charge is 0.331 e. The van der Waals surface area contributed by atoms with Crippen LogP contribution in [0.3, 0.4) is 0 Å². The highest BCUT2D eigenvalue weighted by Crippen LogP contribution is 2.40. The van der Waals surface area contributed by atoms with Crippen molar-refractivity contribution >= 4 is 5.97 Å². The molecule has 0 amide bonds. The van der Waals surface area contributed by atoms with Gasteiger partial charge in [0.25, 0.3) is 0 Å². The fourth-order valence-corrected chi connectivity index (χ4v) is 5.27. The predicted octanol–water partition coefficient (Wildman–Crippen LogP) is 5.70. The molecule has 1 aliphatic carbocycles. The summed E-state index contributed by atoms with van der Waals surface area (Å²) in [5.74, 6) is 1.08. The highest BCUT2D eigenvalue weighted by atomic mass is 16.5. The van der Waals surface area contributed by atoms with Crippen LogP contribution in [0.1, 0.15) is 97.8 Å². The van der Waals surface area contributed by atoms with Crippen molar-refractivity contribution in [2.75, 3.05) is 0 Å². The normalized spacial score (nSPS) is 30.5. The summed E-state index contributed by atoms with van der Waals surface area (Å²) in [4.78, 5) is 12.3. The van der Waals surface area contributed by atoms with Crippen molar-refractivity contribution in [1.29, 1.82) is 0 Å². The lowest BCUT2D eigenvalue weighted by Crippen LogP contribution is -2.57. The van der Waals surface area contributed by atoms with E-state index in [-0.39, 0.29) is 24.2 Å². The Labute approximate surface area is 184 Å². The van der Waals surface area contributed by atoms with E-state index < -0.39 is 0 Å². The molecule has 172 valence electrons. The summed E-state index contributed by atoms with van der Waals surface area (Å²) in [6.07, 6.45) is 20.6. The molecule has 1 unspecified atom stereocenters. The minimum atomic E-state index is -0.231. The average Bonchev–Trinajstić information content (AvgIpc) is 2.72. The SMILES string of the molecule is CCC/C=C/C=C/C(=O)O[C@@H]1C[C@H]2[C@@H](CCCCC(O)CCC)CCC[C@H]2N[C@H]1C. The molecule has 2 rings (SSSR count). The standard InChI is InChI=1S/C26H45NO3/c1-4-6-7-8-9-18-26(29)30-25-19-23-21(14-10-11-16-22(28)13-5-2)15-12-17-24(23)27-20(25)3/h7-9,18,20-25,27-28H,4-6,10-17,19H2,1-3H3/b8-7+,18-9+/t20-,21-,22?,23-,24+,25+/m0/s1. The molecule has 1 heterocycles. The van der Waals surface area contributed by atoms with Gasteiger partial charge >= 0.3 is 5.97 Å². The zero-order valence-electron chi connectivity index (χ0n) is 19.5. The Kier molecular flexibility index (Phi) is 11.8. The summed E-state index contributed by atoms with van der Waals surface area (Å²) >= 11 is 0. The van der Waals surface area contributed by atoms with Gasteiger partial charge in [0.05, 0.1) is 6.10 Å². The van der Waals surface area contributed by atoms with Crippen molar-refractivity contribution in [3.8, 4) is 0 Å². The third-order valence-electron chi connectivity index (χ3n) is 6.94. The van der Waals surface area contributed by atoms with Gasteiger partial charge in [-0.15, -0.1) is 0 Å². The van der Waals surface area contributed by atoms with E-state index in [9.17, 15) is 9.90 Å². The van der Waals surface area contributed by atoms with Crippen molar-refractivity contribution in [3.05, 3.63) is 24.3 Å². The monoisotopic (exact) mass is 419 g/mol. The van der Waals surface area contributed by atoms with E-state index in [4.69, 9.17) is 4.74 Å². The van der Waals surface area contributed by atoms with Crippen LogP contribution in [0.2, 0.25) is 0 Å². The Hall–Kier alpha value is -1.13. The van der Waals surface area contributed by atoms with Gasteiger partial charge in [0.1, 0.15) is 6.10 Å². The molecule has 0 aromatic heterocycles. The van der Waals surface area contributed by atoms with Crippen LogP contribution in [0.4, 0.5) is 0 Å². The Morgan fingerprint density at radius 1 is 1.17 bits per heavy atom. The summed E-state index contributed by atoms with van der Waals surface area (Å²) in [6.45, 7) is 6.42. The minimum Gasteiger partial charge on any atom is -0.458 e. The number of hydrogen-bond donors (Lipinski definition) is 2. The first-order valence-electron chi connectivity index (χ1n) is 12.5. The summed E-state index contributed by atoms with van der Waals surface area (Å²) in [7, 11) is 0. The average molecular weight is 420 g/mol. The highest BCUT2D eigenvalue weighted by molar-refractivity contribution is 5.82. The van der Waals surface area contributed by atoms with E-state index in [1.165, 1.54) is 32.1 Å². The number of carbonyl (C=O) groups is 1. The van der Waals surface area contributed by atoms with Crippen molar-refractivity contribution in [1.82, 2.24) is 5.32 Å². The number of aliphatic hydroxyl groups excluding tert-OH is 1. The second kappa shape index (κ2) is 14.0. The van der Waals surface area contributed by atoms with E-state index in [0.717, 1.165) is 44.9 Å². The third kappa shape index (κ3) is 8.55. The van der Waals surface area contributed by atoms with Crippen LogP contribution < -0.4 is 5.32 Å². The van der Waals surface area contributed by atoms with Gasteiger partial charge in [-0.3, -0.25) is 0 Å². The first-order valence-corrected chi connectivity index (χ1v) is 12.5. The van der Waals surface area contributed by atoms with Gasteiger partial charge in [-0.2, -0.15) is 0 Å². The van der Waals surface area contributed by atoms with Crippen molar-refractivity contribution in [3.63, 3.8) is 0 Å². The third-order valence-corrected chi connectivity index (χ3v) is 6.94. The molecule has 1 aliphatic heterocycles. The largest absolute Gasteiger partial charge is 0.458 e. The van der Waals surface area contributed by atoms with E-state index in [1.807, 2.05) is 6.08 Å². The maximum absolute atomic E-state index is 12.3. The van der Waals surface area contributed by atoms with E-state index in [0.29, 0.717) is 17.9 Å². The van der Waals surface area contributed by atoms with Crippen molar-refractivity contribution < 1.29 is 14.6 Å². The number of ether oxygens (including phenoxy) is 1. The number of aliphatic hydroxyl groups is 1. The Balaban J connectivity index is 1.82. The Morgan fingerprint density at radius 3 is 2.77 bits per heavy atom. The molecular weight excluding hydrogens is 374 g/mol. The summed E-state index contributed by atoms with van der Waals surface area (Å²) in [5, 5.41) is 13.7. The van der Waals surface area contributed by atoms with Gasteiger partial charge in [-0.05, 0) is 50.9 Å². The first kappa shape index (κ1) is 25.1. The number of carbonyl (C=O) groups excluding carboxylic acids is 1. The van der Waals surface area contributed by atoms with Gasteiger partial charge < -0.3 is 15.2 Å². The van der Waals surface area contributed by atoms with Crippen LogP contribution in [0.25, 0.3) is 0 Å². The number of nitrogens with one attached hydrogen (secondary N) is 1. The highest BCUT2D eigenvalue weighted by Gasteiger charge is 2.41. The predicted molar refractivity (Wildman–Crippen MR) is 124 cm³/mol.